The van der Waals surface area contributed by atoms with Crippen molar-refractivity contribution < 1.29 is 8.78 Å². The average Bonchev–Trinajstić information content (AvgIpc) is 2.62. The van der Waals surface area contributed by atoms with Gasteiger partial charge in [-0.2, -0.15) is 0 Å². The largest absolute Gasteiger partial charge is 0.204 e. The number of hydrogen-bond donors (Lipinski definition) is 0. The van der Waals surface area contributed by atoms with Crippen molar-refractivity contribution in [3.8, 4) is 0 Å². The molecule has 2 rings (SSSR count). The molecule has 0 aliphatic carbocycles. The SMILES string of the molecule is Fc1ccc(C(Cl)c2cc(Cl)c(Br)s2)cc1F. The van der Waals surface area contributed by atoms with Gasteiger partial charge in [0.25, 0.3) is 0 Å². The van der Waals surface area contributed by atoms with E-state index < -0.39 is 17.0 Å². The molecule has 0 fully saturated rings. The Morgan fingerprint density at radius 1 is 1.18 bits per heavy atom. The van der Waals surface area contributed by atoms with Crippen LogP contribution >= 0.6 is 50.5 Å². The molecule has 1 aromatic carbocycles. The third-order valence-corrected chi connectivity index (χ3v) is 5.31. The van der Waals surface area contributed by atoms with Gasteiger partial charge in [-0.15, -0.1) is 22.9 Å². The first-order valence-electron chi connectivity index (χ1n) is 4.53. The van der Waals surface area contributed by atoms with Crippen molar-refractivity contribution in [3.63, 3.8) is 0 Å². The van der Waals surface area contributed by atoms with Gasteiger partial charge in [-0.05, 0) is 39.7 Å². The fourth-order valence-electron chi connectivity index (χ4n) is 1.32. The topological polar surface area (TPSA) is 0 Å². The molecule has 0 spiro atoms. The van der Waals surface area contributed by atoms with E-state index in [0.29, 0.717) is 10.6 Å². The van der Waals surface area contributed by atoms with E-state index in [9.17, 15) is 8.78 Å². The van der Waals surface area contributed by atoms with Crippen LogP contribution in [-0.4, -0.2) is 0 Å². The average molecular weight is 358 g/mol. The minimum Gasteiger partial charge on any atom is -0.204 e. The second-order valence-corrected chi connectivity index (χ2v) is 6.55. The van der Waals surface area contributed by atoms with Crippen LogP contribution < -0.4 is 0 Å². The van der Waals surface area contributed by atoms with Gasteiger partial charge in [0.05, 0.1) is 14.2 Å². The van der Waals surface area contributed by atoms with E-state index in [4.69, 9.17) is 23.2 Å². The van der Waals surface area contributed by atoms with Crippen LogP contribution in [-0.2, 0) is 0 Å². The Kier molecular flexibility index (Phi) is 4.08. The zero-order valence-corrected chi connectivity index (χ0v) is 12.1. The number of benzene rings is 1. The first-order chi connectivity index (χ1) is 7.99. The van der Waals surface area contributed by atoms with E-state index in [1.54, 1.807) is 6.07 Å². The van der Waals surface area contributed by atoms with Crippen LogP contribution in [0.25, 0.3) is 0 Å². The fraction of sp³-hybridized carbons (Fsp3) is 0.0909. The molecule has 1 unspecified atom stereocenters. The Balaban J connectivity index is 2.36. The molecule has 0 saturated carbocycles. The van der Waals surface area contributed by atoms with Crippen LogP contribution in [0.5, 0.6) is 0 Å². The fourth-order valence-corrected chi connectivity index (χ4v) is 3.41. The summed E-state index contributed by atoms with van der Waals surface area (Å²) in [6.07, 6.45) is 0. The molecule has 1 atom stereocenters. The Morgan fingerprint density at radius 3 is 2.41 bits per heavy atom. The predicted octanol–water partition coefficient (Wildman–Crippen LogP) is 5.77. The maximum Gasteiger partial charge on any atom is 0.159 e. The summed E-state index contributed by atoms with van der Waals surface area (Å²) in [5.74, 6) is -1.79. The first-order valence-corrected chi connectivity index (χ1v) is 6.95. The second kappa shape index (κ2) is 5.22. The maximum absolute atomic E-state index is 13.1. The zero-order chi connectivity index (χ0) is 12.6. The van der Waals surface area contributed by atoms with Crippen molar-refractivity contribution in [2.75, 3.05) is 0 Å². The van der Waals surface area contributed by atoms with Gasteiger partial charge in [-0.25, -0.2) is 8.78 Å². The summed E-state index contributed by atoms with van der Waals surface area (Å²) in [5, 5.41) is 0.0112. The molecule has 0 radical (unpaired) electrons. The Hall–Kier alpha value is -0.160. The van der Waals surface area contributed by atoms with Gasteiger partial charge in [0.1, 0.15) is 0 Å². The predicted molar refractivity (Wildman–Crippen MR) is 71.1 cm³/mol. The molecular formula is C11H5BrCl2F2S. The molecule has 0 amide bonds. The van der Waals surface area contributed by atoms with Crippen molar-refractivity contribution >= 4 is 50.5 Å². The quantitative estimate of drug-likeness (QED) is 0.598. The highest BCUT2D eigenvalue weighted by Gasteiger charge is 2.17. The molecule has 1 aromatic heterocycles. The summed E-state index contributed by atoms with van der Waals surface area (Å²) < 4.78 is 26.6. The highest BCUT2D eigenvalue weighted by Crippen LogP contribution is 2.40. The second-order valence-electron chi connectivity index (χ2n) is 3.31. The van der Waals surface area contributed by atoms with E-state index in [2.05, 4.69) is 15.9 Å². The third kappa shape index (κ3) is 2.81. The molecule has 0 saturated heterocycles. The third-order valence-electron chi connectivity index (χ3n) is 2.15. The molecular weight excluding hydrogens is 353 g/mol. The minimum absolute atomic E-state index is 0.496. The summed E-state index contributed by atoms with van der Waals surface area (Å²) in [7, 11) is 0. The van der Waals surface area contributed by atoms with Gasteiger partial charge in [-0.3, -0.25) is 0 Å². The van der Waals surface area contributed by atoms with Crippen molar-refractivity contribution in [1.82, 2.24) is 0 Å². The van der Waals surface area contributed by atoms with Gasteiger partial charge >= 0.3 is 0 Å². The van der Waals surface area contributed by atoms with Crippen molar-refractivity contribution in [2.45, 2.75) is 5.38 Å². The van der Waals surface area contributed by atoms with E-state index in [1.807, 2.05) is 0 Å². The van der Waals surface area contributed by atoms with E-state index in [0.717, 1.165) is 20.8 Å². The molecule has 0 bridgehead atoms. The lowest BCUT2D eigenvalue weighted by atomic mass is 10.1. The molecule has 0 aliphatic rings. The van der Waals surface area contributed by atoms with E-state index >= 15 is 0 Å². The number of hydrogen-bond acceptors (Lipinski definition) is 1. The Labute approximate surface area is 119 Å². The first kappa shape index (κ1) is 13.3. The van der Waals surface area contributed by atoms with Crippen LogP contribution in [0.4, 0.5) is 8.78 Å². The lowest BCUT2D eigenvalue weighted by molar-refractivity contribution is 0.507. The van der Waals surface area contributed by atoms with E-state index in [-0.39, 0.29) is 0 Å². The van der Waals surface area contributed by atoms with E-state index in [1.165, 1.54) is 17.4 Å². The summed E-state index contributed by atoms with van der Waals surface area (Å²) in [6, 6.07) is 5.31. The molecule has 0 nitrogen and oxygen atoms in total. The number of alkyl halides is 1. The number of rotatable bonds is 2. The number of thiophene rings is 1. The van der Waals surface area contributed by atoms with Crippen LogP contribution in [0.3, 0.4) is 0 Å². The highest BCUT2D eigenvalue weighted by atomic mass is 79.9. The molecule has 90 valence electrons. The van der Waals surface area contributed by atoms with Crippen molar-refractivity contribution in [2.24, 2.45) is 0 Å². The molecule has 17 heavy (non-hydrogen) atoms. The number of halogens is 5. The zero-order valence-electron chi connectivity index (χ0n) is 8.18. The van der Waals surface area contributed by atoms with Crippen LogP contribution in [0.1, 0.15) is 15.8 Å². The monoisotopic (exact) mass is 356 g/mol. The smallest absolute Gasteiger partial charge is 0.159 e. The van der Waals surface area contributed by atoms with Crippen molar-refractivity contribution in [3.05, 3.63) is 55.1 Å². The maximum atomic E-state index is 13.1. The molecule has 0 aliphatic heterocycles. The lowest BCUT2D eigenvalue weighted by Crippen LogP contribution is -1.93. The standard InChI is InChI=1S/C11H5BrCl2F2S/c12-11-6(13)4-9(17-11)10(14)5-1-2-7(15)8(16)3-5/h1-4,10H. The normalized spacial score (nSPS) is 12.8. The van der Waals surface area contributed by atoms with Crippen LogP contribution in [0.2, 0.25) is 5.02 Å². The van der Waals surface area contributed by atoms with Crippen LogP contribution in [0.15, 0.2) is 28.1 Å². The van der Waals surface area contributed by atoms with Crippen LogP contribution in [0, 0.1) is 11.6 Å². The van der Waals surface area contributed by atoms with Gasteiger partial charge in [0.15, 0.2) is 11.6 Å². The molecule has 1 heterocycles. The summed E-state index contributed by atoms with van der Waals surface area (Å²) in [5.41, 5.74) is 0.496. The summed E-state index contributed by atoms with van der Waals surface area (Å²) in [6.45, 7) is 0. The molecule has 6 heteroatoms. The van der Waals surface area contributed by atoms with Crippen molar-refractivity contribution in [1.29, 1.82) is 0 Å². The highest BCUT2D eigenvalue weighted by molar-refractivity contribution is 9.11. The lowest BCUT2D eigenvalue weighted by Gasteiger charge is -2.07. The molecule has 0 N–H and O–H groups in total. The summed E-state index contributed by atoms with van der Waals surface area (Å²) >= 11 is 16.7. The molecule has 2 aromatic rings. The Morgan fingerprint density at radius 2 is 1.88 bits per heavy atom. The summed E-state index contributed by atoms with van der Waals surface area (Å²) in [4.78, 5) is 0.773. The minimum atomic E-state index is -0.908. The van der Waals surface area contributed by atoms with Gasteiger partial charge in [0.2, 0.25) is 0 Å². The van der Waals surface area contributed by atoms with Gasteiger partial charge in [-0.1, -0.05) is 17.7 Å². The van der Waals surface area contributed by atoms with Gasteiger partial charge in [0, 0.05) is 4.88 Å². The Bertz CT molecular complexity index is 537. The van der Waals surface area contributed by atoms with Gasteiger partial charge < -0.3 is 0 Å².